The molecule has 0 bridgehead atoms. The summed E-state index contributed by atoms with van der Waals surface area (Å²) in [4.78, 5) is 13.1. The van der Waals surface area contributed by atoms with Gasteiger partial charge in [-0.3, -0.25) is 4.79 Å². The van der Waals surface area contributed by atoms with Crippen molar-refractivity contribution in [3.8, 4) is 17.6 Å². The molecule has 0 heterocycles. The number of amides is 1. The molecule has 0 saturated heterocycles. The zero-order valence-electron chi connectivity index (χ0n) is 19.1. The van der Waals surface area contributed by atoms with E-state index in [0.717, 1.165) is 0 Å². The summed E-state index contributed by atoms with van der Waals surface area (Å²) in [7, 11) is -4.12. The van der Waals surface area contributed by atoms with E-state index in [2.05, 4.69) is 11.4 Å². The lowest BCUT2D eigenvalue weighted by molar-refractivity contribution is -0.123. The molecule has 176 valence electrons. The first-order valence-electron chi connectivity index (χ1n) is 11.0. The number of hydrogen-bond acceptors (Lipinski definition) is 6. The first-order chi connectivity index (χ1) is 16.4. The van der Waals surface area contributed by atoms with Gasteiger partial charge in [0.25, 0.3) is 0 Å². The monoisotopic (exact) mass is 477 g/mol. The Kier molecular flexibility index (Phi) is 8.48. The summed E-state index contributed by atoms with van der Waals surface area (Å²) in [5.41, 5.74) is 7.05. The zero-order valence-corrected chi connectivity index (χ0v) is 20.0. The van der Waals surface area contributed by atoms with Gasteiger partial charge in [-0.25, -0.2) is 4.57 Å². The van der Waals surface area contributed by atoms with Crippen LogP contribution in [0.3, 0.4) is 0 Å². The summed E-state index contributed by atoms with van der Waals surface area (Å²) < 4.78 is 26.4. The topological polar surface area (TPSA) is 114 Å². The lowest BCUT2D eigenvalue weighted by Gasteiger charge is -2.30. The van der Waals surface area contributed by atoms with Crippen LogP contribution in [0.5, 0.6) is 11.5 Å². The fourth-order valence-corrected chi connectivity index (χ4v) is 5.11. The first-order valence-corrected chi connectivity index (χ1v) is 12.6. The van der Waals surface area contributed by atoms with E-state index in [0.29, 0.717) is 29.0 Å². The maximum atomic E-state index is 14.4. The number of nitrogens with zero attached hydrogens (tertiary/aromatic N) is 1. The highest BCUT2D eigenvalue weighted by Crippen LogP contribution is 2.59. The van der Waals surface area contributed by atoms with Crippen LogP contribution in [0.15, 0.2) is 84.9 Å². The second kappa shape index (κ2) is 11.5. The lowest BCUT2D eigenvalue weighted by Crippen LogP contribution is -2.46. The minimum absolute atomic E-state index is 0.0916. The molecule has 0 radical (unpaired) electrons. The molecule has 8 heteroatoms. The molecule has 2 unspecified atom stereocenters. The Hall–Kier alpha value is -3.59. The third-order valence-electron chi connectivity index (χ3n) is 5.46. The maximum absolute atomic E-state index is 14.4. The third kappa shape index (κ3) is 6.26. The Labute approximate surface area is 200 Å². The molecule has 0 aliphatic rings. The average molecular weight is 478 g/mol. The molecule has 3 N–H and O–H groups in total. The SMILES string of the molecule is CCC(C)[C@H](N)C(=O)NC(c1ccc(C#N)cc1)P(=O)(Oc1ccccc1)Oc1ccccc1. The van der Waals surface area contributed by atoms with Crippen LogP contribution in [-0.4, -0.2) is 11.9 Å². The number of benzene rings is 3. The van der Waals surface area contributed by atoms with Crippen LogP contribution in [0, 0.1) is 17.2 Å². The summed E-state index contributed by atoms with van der Waals surface area (Å²) in [5.74, 6) is -1.10. The van der Waals surface area contributed by atoms with Gasteiger partial charge in [-0.05, 0) is 47.9 Å². The van der Waals surface area contributed by atoms with Crippen LogP contribution >= 0.6 is 7.60 Å². The molecule has 0 aromatic heterocycles. The summed E-state index contributed by atoms with van der Waals surface area (Å²) >= 11 is 0. The maximum Gasteiger partial charge on any atom is 0.457 e. The largest absolute Gasteiger partial charge is 0.457 e. The molecule has 1 amide bonds. The van der Waals surface area contributed by atoms with Gasteiger partial charge in [-0.15, -0.1) is 0 Å². The van der Waals surface area contributed by atoms with E-state index >= 15 is 0 Å². The van der Waals surface area contributed by atoms with Crippen molar-refractivity contribution in [3.63, 3.8) is 0 Å². The number of nitriles is 1. The predicted molar refractivity (Wildman–Crippen MR) is 131 cm³/mol. The van der Waals surface area contributed by atoms with E-state index in [4.69, 9.17) is 14.8 Å². The van der Waals surface area contributed by atoms with Crippen molar-refractivity contribution in [2.24, 2.45) is 11.7 Å². The molecule has 3 atom stereocenters. The van der Waals surface area contributed by atoms with Gasteiger partial charge in [-0.1, -0.05) is 68.8 Å². The van der Waals surface area contributed by atoms with Gasteiger partial charge >= 0.3 is 7.60 Å². The molecule has 0 fully saturated rings. The number of nitrogens with two attached hydrogens (primary N) is 1. The second-order valence-corrected chi connectivity index (χ2v) is 9.87. The van der Waals surface area contributed by atoms with Gasteiger partial charge in [0.1, 0.15) is 11.5 Å². The van der Waals surface area contributed by atoms with E-state index in [9.17, 15) is 14.6 Å². The number of para-hydroxylation sites is 2. The number of nitrogens with one attached hydrogen (secondary N) is 1. The molecule has 3 aromatic rings. The minimum Gasteiger partial charge on any atom is -0.414 e. The van der Waals surface area contributed by atoms with Crippen molar-refractivity contribution in [3.05, 3.63) is 96.1 Å². The third-order valence-corrected chi connectivity index (χ3v) is 7.45. The van der Waals surface area contributed by atoms with Gasteiger partial charge < -0.3 is 20.1 Å². The van der Waals surface area contributed by atoms with E-state index in [1.54, 1.807) is 84.9 Å². The fraction of sp³-hybridized carbons (Fsp3) is 0.231. The van der Waals surface area contributed by atoms with E-state index in [1.807, 2.05) is 13.8 Å². The Morgan fingerprint density at radius 2 is 1.47 bits per heavy atom. The van der Waals surface area contributed by atoms with Crippen LogP contribution in [0.2, 0.25) is 0 Å². The van der Waals surface area contributed by atoms with Crippen molar-refractivity contribution < 1.29 is 18.4 Å². The van der Waals surface area contributed by atoms with Crippen LogP contribution < -0.4 is 20.1 Å². The van der Waals surface area contributed by atoms with Gasteiger partial charge in [0.05, 0.1) is 17.7 Å². The summed E-state index contributed by atoms with van der Waals surface area (Å²) in [5, 5.41) is 12.0. The molecule has 0 saturated carbocycles. The van der Waals surface area contributed by atoms with Crippen LogP contribution in [-0.2, 0) is 9.36 Å². The number of carbonyl (C=O) groups excluding carboxylic acids is 1. The van der Waals surface area contributed by atoms with Crippen molar-refractivity contribution in [1.82, 2.24) is 5.32 Å². The summed E-state index contributed by atoms with van der Waals surface area (Å²) in [6.45, 7) is 3.82. The standard InChI is InChI=1S/C26H28N3O4P/c1-3-19(2)24(28)25(30)29-26(21-16-14-20(18-27)15-17-21)34(31,32-22-10-6-4-7-11-22)33-23-12-8-5-9-13-23/h4-17,19,24,26H,3,28H2,1-2H3,(H,29,30)/t19?,24-,26?/m0/s1. The Morgan fingerprint density at radius 3 is 1.91 bits per heavy atom. The summed E-state index contributed by atoms with van der Waals surface area (Å²) in [6.07, 6.45) is 0.703. The molecular formula is C26H28N3O4P. The van der Waals surface area contributed by atoms with Gasteiger partial charge in [0, 0.05) is 0 Å². The second-order valence-electron chi connectivity index (χ2n) is 7.90. The molecule has 0 aliphatic heterocycles. The molecule has 34 heavy (non-hydrogen) atoms. The highest BCUT2D eigenvalue weighted by atomic mass is 31.2. The Morgan fingerprint density at radius 1 is 0.971 bits per heavy atom. The van der Waals surface area contributed by atoms with Gasteiger partial charge in [0.2, 0.25) is 5.91 Å². The predicted octanol–water partition coefficient (Wildman–Crippen LogP) is 5.40. The van der Waals surface area contributed by atoms with E-state index < -0.39 is 25.3 Å². The molecule has 0 spiro atoms. The van der Waals surface area contributed by atoms with Crippen molar-refractivity contribution in [1.29, 1.82) is 5.26 Å². The van der Waals surface area contributed by atoms with Crippen molar-refractivity contribution in [2.45, 2.75) is 32.1 Å². The molecule has 3 aromatic carbocycles. The van der Waals surface area contributed by atoms with E-state index in [-0.39, 0.29) is 5.92 Å². The van der Waals surface area contributed by atoms with Crippen LogP contribution in [0.4, 0.5) is 0 Å². The Balaban J connectivity index is 2.08. The Bertz CT molecular complexity index is 1120. The average Bonchev–Trinajstić information content (AvgIpc) is 2.87. The quantitative estimate of drug-likeness (QED) is 0.378. The zero-order chi connectivity index (χ0) is 24.6. The normalized spacial score (nSPS) is 13.7. The number of carbonyl (C=O) groups is 1. The van der Waals surface area contributed by atoms with Crippen molar-refractivity contribution in [2.75, 3.05) is 0 Å². The molecule has 0 aliphatic carbocycles. The highest BCUT2D eigenvalue weighted by Gasteiger charge is 2.43. The lowest BCUT2D eigenvalue weighted by atomic mass is 9.99. The van der Waals surface area contributed by atoms with Gasteiger partial charge in [-0.2, -0.15) is 5.26 Å². The molecular weight excluding hydrogens is 449 g/mol. The van der Waals surface area contributed by atoms with Crippen molar-refractivity contribution >= 4 is 13.5 Å². The highest BCUT2D eigenvalue weighted by molar-refractivity contribution is 7.55. The van der Waals surface area contributed by atoms with Crippen LogP contribution in [0.1, 0.15) is 37.2 Å². The first kappa shape index (κ1) is 25.0. The van der Waals surface area contributed by atoms with Gasteiger partial charge in [0.15, 0.2) is 5.78 Å². The fourth-order valence-electron chi connectivity index (χ4n) is 3.21. The number of rotatable bonds is 10. The molecule has 7 nitrogen and oxygen atoms in total. The summed E-state index contributed by atoms with van der Waals surface area (Å²) in [6, 6.07) is 24.9. The minimum atomic E-state index is -4.12. The number of hydrogen-bond donors (Lipinski definition) is 2. The molecule has 3 rings (SSSR count). The van der Waals surface area contributed by atoms with Crippen LogP contribution in [0.25, 0.3) is 0 Å². The smallest absolute Gasteiger partial charge is 0.414 e. The van der Waals surface area contributed by atoms with E-state index in [1.165, 1.54) is 0 Å².